The summed E-state index contributed by atoms with van der Waals surface area (Å²) in [6, 6.07) is 19.1. The molecule has 42 heavy (non-hydrogen) atoms. The van der Waals surface area contributed by atoms with E-state index < -0.39 is 42.2 Å². The number of hydrogen-bond acceptors (Lipinski definition) is 6. The van der Waals surface area contributed by atoms with Crippen molar-refractivity contribution in [2.45, 2.75) is 65.3 Å². The summed E-state index contributed by atoms with van der Waals surface area (Å²) in [7, 11) is 0. The van der Waals surface area contributed by atoms with E-state index in [1.165, 1.54) is 17.0 Å². The minimum absolute atomic E-state index is 0.0610. The third-order valence-electron chi connectivity index (χ3n) is 6.42. The van der Waals surface area contributed by atoms with E-state index in [2.05, 4.69) is 10.6 Å². The molecule has 3 rings (SSSR count). The lowest BCUT2D eigenvalue weighted by atomic mass is 9.97. The Morgan fingerprint density at radius 1 is 0.905 bits per heavy atom. The first-order chi connectivity index (χ1) is 19.9. The van der Waals surface area contributed by atoms with E-state index in [1.54, 1.807) is 32.9 Å². The van der Waals surface area contributed by atoms with Crippen molar-refractivity contribution in [3.05, 3.63) is 101 Å². The van der Waals surface area contributed by atoms with Crippen LogP contribution in [0.4, 0.5) is 4.79 Å². The first-order valence-corrected chi connectivity index (χ1v) is 13.9. The fourth-order valence-corrected chi connectivity index (χ4v) is 4.71. The number of nitrogens with zero attached hydrogens (tertiary/aromatic N) is 1. The van der Waals surface area contributed by atoms with Crippen LogP contribution < -0.4 is 10.6 Å². The number of ether oxygens (including phenoxy) is 1. The number of amides is 3. The van der Waals surface area contributed by atoms with Crippen molar-refractivity contribution in [2.24, 2.45) is 0 Å². The summed E-state index contributed by atoms with van der Waals surface area (Å²) < 4.78 is 5.44. The highest BCUT2D eigenvalue weighted by molar-refractivity contribution is 5.92. The molecular weight excluding hydrogens is 534 g/mol. The van der Waals surface area contributed by atoms with Gasteiger partial charge in [-0.1, -0.05) is 71.8 Å². The van der Waals surface area contributed by atoms with Gasteiger partial charge in [-0.15, -0.1) is 0 Å². The Labute approximate surface area is 247 Å². The molecule has 9 nitrogen and oxygen atoms in total. The first-order valence-electron chi connectivity index (χ1n) is 13.9. The summed E-state index contributed by atoms with van der Waals surface area (Å²) in [5.41, 5.74) is 3.16. The minimum atomic E-state index is -1.13. The van der Waals surface area contributed by atoms with Crippen molar-refractivity contribution in [1.82, 2.24) is 15.5 Å². The van der Waals surface area contributed by atoms with E-state index >= 15 is 0 Å². The van der Waals surface area contributed by atoms with Crippen LogP contribution in [-0.2, 0) is 27.3 Å². The molecule has 3 aromatic carbocycles. The van der Waals surface area contributed by atoms with Gasteiger partial charge in [0.25, 0.3) is 0 Å². The first kappa shape index (κ1) is 32.1. The summed E-state index contributed by atoms with van der Waals surface area (Å²) in [5, 5.41) is 25.4. The topological polar surface area (TPSA) is 128 Å². The number of aryl methyl sites for hydroxylation is 2. The minimum Gasteiger partial charge on any atom is -0.508 e. The smallest absolute Gasteiger partial charge is 0.408 e. The maximum Gasteiger partial charge on any atom is 0.408 e. The second-order valence-electron chi connectivity index (χ2n) is 11.4. The van der Waals surface area contributed by atoms with E-state index in [1.807, 2.05) is 62.4 Å². The van der Waals surface area contributed by atoms with Crippen LogP contribution in [0.2, 0.25) is 0 Å². The molecule has 0 spiro atoms. The molecule has 3 amide bonds. The highest BCUT2D eigenvalue weighted by Crippen LogP contribution is 2.26. The molecule has 2 unspecified atom stereocenters. The van der Waals surface area contributed by atoms with Crippen molar-refractivity contribution in [1.29, 1.82) is 0 Å². The maximum atomic E-state index is 14.3. The molecular formula is C33H41N3O6. The van der Waals surface area contributed by atoms with Crippen LogP contribution in [0.3, 0.4) is 0 Å². The largest absolute Gasteiger partial charge is 0.508 e. The molecule has 0 fully saturated rings. The Bertz CT molecular complexity index is 1330. The number of hydrogen-bond donors (Lipinski definition) is 4. The van der Waals surface area contributed by atoms with Gasteiger partial charge in [0.15, 0.2) is 0 Å². The molecule has 2 atom stereocenters. The Morgan fingerprint density at radius 3 is 2.10 bits per heavy atom. The lowest BCUT2D eigenvalue weighted by Gasteiger charge is -2.34. The predicted molar refractivity (Wildman–Crippen MR) is 161 cm³/mol. The molecule has 0 aliphatic carbocycles. The molecule has 4 N–H and O–H groups in total. The third-order valence-corrected chi connectivity index (χ3v) is 6.42. The molecule has 3 aromatic rings. The number of aromatic hydroxyl groups is 1. The van der Waals surface area contributed by atoms with Gasteiger partial charge in [-0.05, 0) is 63.4 Å². The summed E-state index contributed by atoms with van der Waals surface area (Å²) in [6.07, 6.45) is -0.731. The molecule has 0 aliphatic rings. The van der Waals surface area contributed by atoms with E-state index in [-0.39, 0.29) is 25.3 Å². The van der Waals surface area contributed by atoms with Gasteiger partial charge in [0, 0.05) is 19.5 Å². The number of nitrogens with one attached hydrogen (secondary N) is 2. The second-order valence-corrected chi connectivity index (χ2v) is 11.4. The Morgan fingerprint density at radius 2 is 1.52 bits per heavy atom. The molecule has 9 heteroatoms. The van der Waals surface area contributed by atoms with Crippen molar-refractivity contribution in [2.75, 3.05) is 13.2 Å². The number of phenols is 1. The van der Waals surface area contributed by atoms with E-state index in [9.17, 15) is 24.6 Å². The van der Waals surface area contributed by atoms with Crippen molar-refractivity contribution in [3.8, 4) is 5.75 Å². The highest BCUT2D eigenvalue weighted by atomic mass is 16.6. The van der Waals surface area contributed by atoms with Gasteiger partial charge in [0.1, 0.15) is 23.4 Å². The number of rotatable bonds is 11. The predicted octanol–water partition coefficient (Wildman–Crippen LogP) is 4.32. The average Bonchev–Trinajstić information content (AvgIpc) is 2.91. The number of alkyl carbamates (subject to hydrolysis) is 1. The standard InChI is InChI=1S/C33H41N3O6/c1-22-17-23(2)19-26(18-22)29(30(39)34-21-25-9-7-6-8-10-25)36(15-16-37)31(40)28(35-32(41)42-33(3,4)5)20-24-11-13-27(38)14-12-24/h6-14,17-19,28-29,37-38H,15-16,20-21H2,1-5H3,(H,34,39)(H,35,41). The molecule has 0 saturated carbocycles. The monoisotopic (exact) mass is 575 g/mol. The molecule has 0 heterocycles. The lowest BCUT2D eigenvalue weighted by Crippen LogP contribution is -2.54. The molecule has 0 bridgehead atoms. The average molecular weight is 576 g/mol. The van der Waals surface area contributed by atoms with Gasteiger partial charge in [-0.2, -0.15) is 0 Å². The molecule has 0 saturated heterocycles. The fourth-order valence-electron chi connectivity index (χ4n) is 4.71. The summed E-state index contributed by atoms with van der Waals surface area (Å²) in [6.45, 7) is 8.65. The molecule has 224 valence electrons. The van der Waals surface area contributed by atoms with Crippen LogP contribution in [0.15, 0.2) is 72.8 Å². The van der Waals surface area contributed by atoms with E-state index in [4.69, 9.17) is 4.74 Å². The van der Waals surface area contributed by atoms with Gasteiger partial charge in [0.05, 0.1) is 6.61 Å². The van der Waals surface area contributed by atoms with Gasteiger partial charge >= 0.3 is 6.09 Å². The zero-order valence-electron chi connectivity index (χ0n) is 24.9. The number of aliphatic hydroxyl groups is 1. The van der Waals surface area contributed by atoms with Crippen molar-refractivity contribution in [3.63, 3.8) is 0 Å². The van der Waals surface area contributed by atoms with Crippen LogP contribution in [0.5, 0.6) is 5.75 Å². The Hall–Kier alpha value is -4.37. The van der Waals surface area contributed by atoms with Crippen LogP contribution >= 0.6 is 0 Å². The zero-order valence-corrected chi connectivity index (χ0v) is 24.9. The SMILES string of the molecule is Cc1cc(C)cc(C(C(=O)NCc2ccccc2)N(CCO)C(=O)C(Cc2ccc(O)cc2)NC(=O)OC(C)(C)C)c1. The fraction of sp³-hybridized carbons (Fsp3) is 0.364. The van der Waals surface area contributed by atoms with Gasteiger partial charge in [-0.25, -0.2) is 4.79 Å². The number of carbonyl (C=O) groups is 3. The number of carbonyl (C=O) groups excluding carboxylic acids is 3. The van der Waals surface area contributed by atoms with E-state index in [0.29, 0.717) is 11.1 Å². The number of benzene rings is 3. The zero-order chi connectivity index (χ0) is 30.9. The quantitative estimate of drug-likeness (QED) is 0.270. The maximum absolute atomic E-state index is 14.3. The number of phenolic OH excluding ortho intramolecular Hbond substituents is 1. The summed E-state index contributed by atoms with van der Waals surface area (Å²) in [5.74, 6) is -0.929. The number of aliphatic hydroxyl groups excluding tert-OH is 1. The highest BCUT2D eigenvalue weighted by Gasteiger charge is 2.36. The molecule has 0 radical (unpaired) electrons. The summed E-state index contributed by atoms with van der Waals surface area (Å²) in [4.78, 5) is 42.3. The normalized spacial score (nSPS) is 12.6. The van der Waals surface area contributed by atoms with Crippen LogP contribution in [-0.4, -0.2) is 57.8 Å². The van der Waals surface area contributed by atoms with Gasteiger partial charge < -0.3 is 30.5 Å². The lowest BCUT2D eigenvalue weighted by molar-refractivity contribution is -0.143. The van der Waals surface area contributed by atoms with Crippen LogP contribution in [0.25, 0.3) is 0 Å². The molecule has 0 aromatic heterocycles. The van der Waals surface area contributed by atoms with Crippen LogP contribution in [0.1, 0.15) is 54.6 Å². The van der Waals surface area contributed by atoms with Crippen molar-refractivity contribution < 1.29 is 29.3 Å². The van der Waals surface area contributed by atoms with Gasteiger partial charge in [-0.3, -0.25) is 9.59 Å². The molecule has 0 aliphatic heterocycles. The third kappa shape index (κ3) is 9.62. The van der Waals surface area contributed by atoms with Crippen molar-refractivity contribution >= 4 is 17.9 Å². The van der Waals surface area contributed by atoms with Crippen LogP contribution in [0, 0.1) is 13.8 Å². The Kier molecular flexibility index (Phi) is 11.1. The Balaban J connectivity index is 2.02. The summed E-state index contributed by atoms with van der Waals surface area (Å²) >= 11 is 0. The second kappa shape index (κ2) is 14.5. The van der Waals surface area contributed by atoms with E-state index in [0.717, 1.165) is 16.7 Å². The van der Waals surface area contributed by atoms with Gasteiger partial charge in [0.2, 0.25) is 11.8 Å².